The van der Waals surface area contributed by atoms with Gasteiger partial charge in [0.1, 0.15) is 5.75 Å². The maximum Gasteiger partial charge on any atom is 0.387 e. The molecule has 0 amide bonds. The summed E-state index contributed by atoms with van der Waals surface area (Å²) < 4.78 is 30.7. The molecule has 0 aliphatic heterocycles. The number of carboxylic acid groups (broad SMARTS) is 2. The number of hydrogen-bond donors (Lipinski definition) is 3. The number of H-pyrrole nitrogens is 1. The summed E-state index contributed by atoms with van der Waals surface area (Å²) in [7, 11) is 0. The number of ether oxygens (including phenoxy) is 1. The van der Waals surface area contributed by atoms with Crippen molar-refractivity contribution in [1.82, 2.24) is 20.0 Å². The Labute approximate surface area is 173 Å². The van der Waals surface area contributed by atoms with Crippen LogP contribution in [0.4, 0.5) is 8.78 Å². The van der Waals surface area contributed by atoms with E-state index in [4.69, 9.17) is 21.8 Å². The summed E-state index contributed by atoms with van der Waals surface area (Å²) in [4.78, 5) is 19.3. The summed E-state index contributed by atoms with van der Waals surface area (Å²) >= 11 is 5.94. The number of aliphatic carboxylic acids is 2. The van der Waals surface area contributed by atoms with Crippen molar-refractivity contribution in [3.63, 3.8) is 0 Å². The van der Waals surface area contributed by atoms with E-state index >= 15 is 0 Å². The molecule has 12 heteroatoms. The lowest BCUT2D eigenvalue weighted by molar-refractivity contribution is -0.143. The molecule has 3 N–H and O–H groups in total. The van der Waals surface area contributed by atoms with Gasteiger partial charge >= 0.3 is 18.6 Å². The van der Waals surface area contributed by atoms with Crippen LogP contribution in [0.3, 0.4) is 0 Å². The standard InChI is InChI=1S/C14H11ClF2N4O.C4H6O4/c15-11-3-9(4-13(5-11)22-14(16)17)10-6-19-21(7-10)8-12-1-2-18-20-12;5-3(6)1-2-4(7)8/h1-7,14H,8H2,(H,18,20);1-2H2,(H,5,6)(H,7,8). The van der Waals surface area contributed by atoms with E-state index in [-0.39, 0.29) is 18.6 Å². The average molecular weight is 443 g/mol. The molecule has 0 radical (unpaired) electrons. The Morgan fingerprint density at radius 2 is 1.87 bits per heavy atom. The molecule has 0 atom stereocenters. The molecule has 0 unspecified atom stereocenters. The maximum atomic E-state index is 12.3. The van der Waals surface area contributed by atoms with Gasteiger partial charge in [0, 0.05) is 23.0 Å². The van der Waals surface area contributed by atoms with Gasteiger partial charge in [0.15, 0.2) is 0 Å². The van der Waals surface area contributed by atoms with Crippen LogP contribution in [0.1, 0.15) is 18.5 Å². The number of aromatic nitrogens is 4. The van der Waals surface area contributed by atoms with E-state index < -0.39 is 18.6 Å². The number of benzene rings is 1. The van der Waals surface area contributed by atoms with Gasteiger partial charge in [0.2, 0.25) is 0 Å². The minimum absolute atomic E-state index is 0.0116. The fourth-order valence-electron chi connectivity index (χ4n) is 2.26. The maximum absolute atomic E-state index is 12.3. The number of halogens is 3. The highest BCUT2D eigenvalue weighted by Crippen LogP contribution is 2.29. The zero-order valence-electron chi connectivity index (χ0n) is 15.3. The van der Waals surface area contributed by atoms with E-state index in [1.165, 1.54) is 12.1 Å². The second kappa shape index (κ2) is 10.9. The van der Waals surface area contributed by atoms with E-state index in [1.54, 1.807) is 29.3 Å². The molecule has 3 aromatic rings. The molecule has 2 heterocycles. The van der Waals surface area contributed by atoms with Crippen LogP contribution in [0, 0.1) is 0 Å². The molecule has 0 saturated carbocycles. The zero-order valence-corrected chi connectivity index (χ0v) is 16.1. The van der Waals surface area contributed by atoms with Crippen LogP contribution in [-0.2, 0) is 16.1 Å². The fraction of sp³-hybridized carbons (Fsp3) is 0.222. The Bertz CT molecular complexity index is 965. The minimum Gasteiger partial charge on any atom is -0.481 e. The fourth-order valence-corrected chi connectivity index (χ4v) is 2.48. The van der Waals surface area contributed by atoms with Crippen molar-refractivity contribution < 1.29 is 33.3 Å². The predicted octanol–water partition coefficient (Wildman–Crippen LogP) is 3.51. The van der Waals surface area contributed by atoms with Gasteiger partial charge in [-0.25, -0.2) is 0 Å². The quantitative estimate of drug-likeness (QED) is 0.486. The number of carbonyl (C=O) groups is 2. The number of nitrogens with one attached hydrogen (secondary N) is 1. The second-order valence-electron chi connectivity index (χ2n) is 5.83. The van der Waals surface area contributed by atoms with Crippen molar-refractivity contribution in [2.24, 2.45) is 0 Å². The van der Waals surface area contributed by atoms with Crippen molar-refractivity contribution in [3.05, 3.63) is 53.6 Å². The van der Waals surface area contributed by atoms with Gasteiger partial charge in [0.25, 0.3) is 0 Å². The summed E-state index contributed by atoms with van der Waals surface area (Å²) in [6, 6.07) is 6.34. The van der Waals surface area contributed by atoms with Gasteiger partial charge in [-0.15, -0.1) is 0 Å². The molecule has 2 aromatic heterocycles. The first-order valence-corrected chi connectivity index (χ1v) is 8.81. The Morgan fingerprint density at radius 1 is 1.17 bits per heavy atom. The number of aromatic amines is 1. The predicted molar refractivity (Wildman–Crippen MR) is 102 cm³/mol. The number of nitrogens with zero attached hydrogens (tertiary/aromatic N) is 3. The molecular formula is C18H17ClF2N4O5. The summed E-state index contributed by atoms with van der Waals surface area (Å²) in [5.41, 5.74) is 2.23. The van der Waals surface area contributed by atoms with E-state index in [0.717, 1.165) is 11.3 Å². The normalized spacial score (nSPS) is 10.4. The molecule has 0 saturated heterocycles. The molecule has 1 aromatic carbocycles. The third kappa shape index (κ3) is 7.87. The highest BCUT2D eigenvalue weighted by atomic mass is 35.5. The number of alkyl halides is 2. The SMILES string of the molecule is FC(F)Oc1cc(Cl)cc(-c2cnn(Cc3cc[nH]n3)c2)c1.O=C(O)CCC(=O)O. The van der Waals surface area contributed by atoms with Gasteiger partial charge in [-0.1, -0.05) is 11.6 Å². The number of hydrogen-bond acceptors (Lipinski definition) is 5. The summed E-state index contributed by atoms with van der Waals surface area (Å²) in [6.45, 7) is -2.39. The number of carboxylic acids is 2. The topological polar surface area (TPSA) is 130 Å². The first-order chi connectivity index (χ1) is 14.2. The van der Waals surface area contributed by atoms with Gasteiger partial charge < -0.3 is 14.9 Å². The Balaban J connectivity index is 0.000000343. The van der Waals surface area contributed by atoms with Gasteiger partial charge in [-0.3, -0.25) is 19.4 Å². The molecule has 3 rings (SSSR count). The smallest absolute Gasteiger partial charge is 0.387 e. The summed E-state index contributed by atoms with van der Waals surface area (Å²) in [5.74, 6) is -2.14. The highest BCUT2D eigenvalue weighted by molar-refractivity contribution is 6.31. The van der Waals surface area contributed by atoms with Crippen LogP contribution in [0.25, 0.3) is 11.1 Å². The number of rotatable bonds is 8. The first-order valence-electron chi connectivity index (χ1n) is 8.43. The molecule has 9 nitrogen and oxygen atoms in total. The van der Waals surface area contributed by atoms with Crippen LogP contribution < -0.4 is 4.74 Å². The van der Waals surface area contributed by atoms with Crippen LogP contribution in [-0.4, -0.2) is 48.7 Å². The molecule has 0 aliphatic rings. The van der Waals surface area contributed by atoms with E-state index in [9.17, 15) is 18.4 Å². The van der Waals surface area contributed by atoms with E-state index in [1.807, 2.05) is 6.07 Å². The van der Waals surface area contributed by atoms with Crippen LogP contribution in [0.2, 0.25) is 5.02 Å². The Hall–Kier alpha value is -3.47. The monoisotopic (exact) mass is 442 g/mol. The van der Waals surface area contributed by atoms with Crippen molar-refractivity contribution in [3.8, 4) is 16.9 Å². The van der Waals surface area contributed by atoms with E-state index in [2.05, 4.69) is 20.0 Å². The second-order valence-corrected chi connectivity index (χ2v) is 6.27. The largest absolute Gasteiger partial charge is 0.481 e. The van der Waals surface area contributed by atoms with Crippen molar-refractivity contribution in [2.75, 3.05) is 0 Å². The van der Waals surface area contributed by atoms with Crippen LogP contribution >= 0.6 is 11.6 Å². The van der Waals surface area contributed by atoms with Gasteiger partial charge in [0.05, 0.1) is 31.3 Å². The Morgan fingerprint density at radius 3 is 2.43 bits per heavy atom. The third-order valence-electron chi connectivity index (χ3n) is 3.50. The zero-order chi connectivity index (χ0) is 22.1. The lowest BCUT2D eigenvalue weighted by Gasteiger charge is -2.07. The van der Waals surface area contributed by atoms with E-state index in [0.29, 0.717) is 17.1 Å². The summed E-state index contributed by atoms with van der Waals surface area (Å²) in [6.07, 6.45) is 4.55. The molecular weight excluding hydrogens is 426 g/mol. The first kappa shape index (κ1) is 22.8. The molecule has 30 heavy (non-hydrogen) atoms. The van der Waals surface area contributed by atoms with Gasteiger partial charge in [-0.05, 0) is 29.8 Å². The van der Waals surface area contributed by atoms with Crippen molar-refractivity contribution >= 4 is 23.5 Å². The van der Waals surface area contributed by atoms with Crippen LogP contribution in [0.5, 0.6) is 5.75 Å². The molecule has 0 bridgehead atoms. The molecule has 160 valence electrons. The van der Waals surface area contributed by atoms with Crippen LogP contribution in [0.15, 0.2) is 42.9 Å². The Kier molecular flexibility index (Phi) is 8.29. The third-order valence-corrected chi connectivity index (χ3v) is 3.72. The lowest BCUT2D eigenvalue weighted by atomic mass is 10.1. The van der Waals surface area contributed by atoms with Crippen molar-refractivity contribution in [1.29, 1.82) is 0 Å². The highest BCUT2D eigenvalue weighted by Gasteiger charge is 2.10. The average Bonchev–Trinajstić information content (AvgIpc) is 3.32. The van der Waals surface area contributed by atoms with Gasteiger partial charge in [-0.2, -0.15) is 19.0 Å². The van der Waals surface area contributed by atoms with Crippen molar-refractivity contribution in [2.45, 2.75) is 26.0 Å². The lowest BCUT2D eigenvalue weighted by Crippen LogP contribution is -2.01. The minimum atomic E-state index is -2.89. The summed E-state index contributed by atoms with van der Waals surface area (Å²) in [5, 5.41) is 27.1. The molecule has 0 spiro atoms. The molecule has 0 aliphatic carbocycles. The molecule has 0 fully saturated rings.